The highest BCUT2D eigenvalue weighted by molar-refractivity contribution is 14.0. The minimum atomic E-state index is -0.319. The van der Waals surface area contributed by atoms with Crippen molar-refractivity contribution < 1.29 is 19.0 Å². The first kappa shape index (κ1) is 26.5. The van der Waals surface area contributed by atoms with Crippen LogP contribution in [0.3, 0.4) is 0 Å². The normalized spacial score (nSPS) is 13.3. The molecule has 1 aromatic heterocycles. The molecule has 2 aromatic rings. The third-order valence-corrected chi connectivity index (χ3v) is 4.39. The monoisotopic (exact) mass is 569 g/mol. The lowest BCUT2D eigenvalue weighted by Crippen LogP contribution is -2.46. The summed E-state index contributed by atoms with van der Waals surface area (Å²) >= 11 is 0. The van der Waals surface area contributed by atoms with Crippen molar-refractivity contribution in [3.05, 3.63) is 42.1 Å². The van der Waals surface area contributed by atoms with Gasteiger partial charge in [0.1, 0.15) is 0 Å². The number of aromatic nitrogens is 1. The minimum absolute atomic E-state index is 0. The molecule has 0 spiro atoms. The highest BCUT2D eigenvalue weighted by Crippen LogP contribution is 2.32. The molecule has 0 radical (unpaired) electrons. The van der Waals surface area contributed by atoms with Crippen LogP contribution < -0.4 is 30.2 Å². The van der Waals surface area contributed by atoms with E-state index in [9.17, 15) is 4.79 Å². The predicted molar refractivity (Wildman–Crippen MR) is 139 cm³/mol. The highest BCUT2D eigenvalue weighted by atomic mass is 127. The largest absolute Gasteiger partial charge is 0.490 e. The van der Waals surface area contributed by atoms with Crippen LogP contribution in [0.5, 0.6) is 17.4 Å². The first-order valence-electron chi connectivity index (χ1n) is 10.6. The van der Waals surface area contributed by atoms with E-state index >= 15 is 0 Å². The summed E-state index contributed by atoms with van der Waals surface area (Å²) in [5, 5.41) is 9.25. The van der Waals surface area contributed by atoms with Crippen LogP contribution in [0.1, 0.15) is 32.8 Å². The van der Waals surface area contributed by atoms with Gasteiger partial charge in [0.05, 0.1) is 33.4 Å². The van der Waals surface area contributed by atoms with Crippen molar-refractivity contribution in [2.24, 2.45) is 4.99 Å². The molecule has 3 N–H and O–H groups in total. The van der Waals surface area contributed by atoms with Gasteiger partial charge in [-0.1, -0.05) is 6.07 Å². The number of hydrogen-bond donors (Lipinski definition) is 3. The van der Waals surface area contributed by atoms with Gasteiger partial charge in [0.2, 0.25) is 11.8 Å². The van der Waals surface area contributed by atoms with E-state index in [1.807, 2.05) is 51.1 Å². The van der Waals surface area contributed by atoms with Crippen molar-refractivity contribution in [3.8, 4) is 17.4 Å². The summed E-state index contributed by atoms with van der Waals surface area (Å²) in [5.74, 6) is 2.20. The number of nitrogens with zero attached hydrogens (tertiary/aromatic N) is 2. The number of halogens is 1. The second-order valence-corrected chi connectivity index (χ2v) is 8.33. The van der Waals surface area contributed by atoms with Crippen LogP contribution in [-0.4, -0.2) is 49.3 Å². The molecule has 0 fully saturated rings. The molecule has 3 rings (SSSR count). The third kappa shape index (κ3) is 8.60. The average molecular weight is 569 g/mol. The standard InChI is InChI=1S/C23H31N5O4.HI/c1-23(2,3)28-20(29)15-26-22(25-14-16-7-5-10-24-21(16)30-4)27-17-8-9-18-19(13-17)32-12-6-11-31-18;/h5,7-10,13H,6,11-12,14-15H2,1-4H3,(H,28,29)(H2,25,26,27);1H. The molecule has 1 amide bonds. The van der Waals surface area contributed by atoms with Crippen molar-refractivity contribution >= 4 is 41.5 Å². The number of anilines is 1. The second-order valence-electron chi connectivity index (χ2n) is 8.33. The van der Waals surface area contributed by atoms with Crippen LogP contribution in [-0.2, 0) is 11.3 Å². The van der Waals surface area contributed by atoms with Crippen molar-refractivity contribution in [1.29, 1.82) is 0 Å². The number of amides is 1. The van der Waals surface area contributed by atoms with Gasteiger partial charge in [0.25, 0.3) is 0 Å². The summed E-state index contributed by atoms with van der Waals surface area (Å²) in [7, 11) is 1.57. The summed E-state index contributed by atoms with van der Waals surface area (Å²) in [5.41, 5.74) is 1.27. The van der Waals surface area contributed by atoms with Gasteiger partial charge in [-0.15, -0.1) is 24.0 Å². The van der Waals surface area contributed by atoms with Crippen LogP contribution in [0.25, 0.3) is 0 Å². The average Bonchev–Trinajstić information content (AvgIpc) is 2.99. The number of rotatable bonds is 6. The summed E-state index contributed by atoms with van der Waals surface area (Å²) in [6.07, 6.45) is 2.50. The van der Waals surface area contributed by atoms with E-state index in [2.05, 4.69) is 25.9 Å². The molecule has 1 aliphatic rings. The fourth-order valence-electron chi connectivity index (χ4n) is 3.04. The Bertz CT molecular complexity index is 962. The van der Waals surface area contributed by atoms with Gasteiger partial charge in [-0.05, 0) is 39.0 Å². The Kier molecular flexibility index (Phi) is 10.0. The molecule has 0 unspecified atom stereocenters. The van der Waals surface area contributed by atoms with E-state index < -0.39 is 0 Å². The van der Waals surface area contributed by atoms with Gasteiger partial charge in [0, 0.05) is 35.5 Å². The molecule has 0 aliphatic carbocycles. The number of fused-ring (bicyclic) bond motifs is 1. The molecule has 9 nitrogen and oxygen atoms in total. The smallest absolute Gasteiger partial charge is 0.239 e. The Morgan fingerprint density at radius 1 is 1.18 bits per heavy atom. The maximum Gasteiger partial charge on any atom is 0.239 e. The number of carbonyl (C=O) groups excluding carboxylic acids is 1. The van der Waals surface area contributed by atoms with E-state index in [0.29, 0.717) is 43.1 Å². The van der Waals surface area contributed by atoms with Crippen LogP contribution in [0, 0.1) is 0 Å². The van der Waals surface area contributed by atoms with Gasteiger partial charge >= 0.3 is 0 Å². The van der Waals surface area contributed by atoms with Crippen LogP contribution in [0.4, 0.5) is 5.69 Å². The molecule has 1 aliphatic heterocycles. The minimum Gasteiger partial charge on any atom is -0.490 e. The van der Waals surface area contributed by atoms with Crippen LogP contribution in [0.15, 0.2) is 41.5 Å². The van der Waals surface area contributed by atoms with Gasteiger partial charge in [-0.3, -0.25) is 4.79 Å². The molecular formula is C23H32IN5O4. The number of pyridine rings is 1. The molecule has 0 saturated heterocycles. The molecule has 2 heterocycles. The van der Waals surface area contributed by atoms with E-state index in [0.717, 1.165) is 17.7 Å². The number of nitrogens with one attached hydrogen (secondary N) is 3. The zero-order valence-electron chi connectivity index (χ0n) is 19.4. The number of methoxy groups -OCH3 is 1. The van der Waals surface area contributed by atoms with Crippen LogP contribution in [0.2, 0.25) is 0 Å². The molecule has 0 bridgehead atoms. The van der Waals surface area contributed by atoms with E-state index in [-0.39, 0.29) is 42.0 Å². The Morgan fingerprint density at radius 2 is 1.94 bits per heavy atom. The maximum atomic E-state index is 12.3. The molecule has 0 atom stereocenters. The summed E-state index contributed by atoms with van der Waals surface area (Å²) in [4.78, 5) is 21.1. The lowest BCUT2D eigenvalue weighted by Gasteiger charge is -2.21. The number of benzene rings is 1. The zero-order valence-corrected chi connectivity index (χ0v) is 21.8. The summed E-state index contributed by atoms with van der Waals surface area (Å²) in [6.45, 7) is 7.42. The summed E-state index contributed by atoms with van der Waals surface area (Å²) < 4.78 is 16.8. The number of ether oxygens (including phenoxy) is 3. The van der Waals surface area contributed by atoms with Crippen molar-refractivity contribution in [2.75, 3.05) is 32.2 Å². The molecule has 1 aromatic carbocycles. The molecule has 0 saturated carbocycles. The van der Waals surface area contributed by atoms with Gasteiger partial charge in [-0.25, -0.2) is 9.98 Å². The van der Waals surface area contributed by atoms with E-state index in [1.165, 1.54) is 0 Å². The summed E-state index contributed by atoms with van der Waals surface area (Å²) in [6, 6.07) is 9.32. The first-order valence-corrected chi connectivity index (χ1v) is 10.6. The van der Waals surface area contributed by atoms with Gasteiger partial charge < -0.3 is 30.2 Å². The molecule has 33 heavy (non-hydrogen) atoms. The number of aliphatic imine (C=N–C) groups is 1. The Labute approximate surface area is 211 Å². The molecular weight excluding hydrogens is 537 g/mol. The maximum absolute atomic E-state index is 12.3. The predicted octanol–water partition coefficient (Wildman–Crippen LogP) is 3.34. The van der Waals surface area contributed by atoms with Crippen LogP contribution >= 0.6 is 24.0 Å². The van der Waals surface area contributed by atoms with E-state index in [4.69, 9.17) is 14.2 Å². The lowest BCUT2D eigenvalue weighted by atomic mass is 10.1. The number of hydrogen-bond acceptors (Lipinski definition) is 6. The van der Waals surface area contributed by atoms with Crippen molar-refractivity contribution in [3.63, 3.8) is 0 Å². The number of carbonyl (C=O) groups is 1. The van der Waals surface area contributed by atoms with Crippen molar-refractivity contribution in [1.82, 2.24) is 15.6 Å². The SMILES string of the molecule is COc1ncccc1CN=C(NCC(=O)NC(C)(C)C)Nc1ccc2c(c1)OCCCO2.I. The zero-order chi connectivity index (χ0) is 23.0. The fraction of sp³-hybridized carbons (Fsp3) is 0.435. The second kappa shape index (κ2) is 12.5. The fourth-order valence-corrected chi connectivity index (χ4v) is 3.04. The van der Waals surface area contributed by atoms with Crippen molar-refractivity contribution in [2.45, 2.75) is 39.3 Å². The van der Waals surface area contributed by atoms with Gasteiger partial charge in [0.15, 0.2) is 17.5 Å². The first-order chi connectivity index (χ1) is 15.3. The lowest BCUT2D eigenvalue weighted by molar-refractivity contribution is -0.121. The molecule has 180 valence electrons. The van der Waals surface area contributed by atoms with E-state index in [1.54, 1.807) is 13.3 Å². The molecule has 10 heteroatoms. The third-order valence-electron chi connectivity index (χ3n) is 4.39. The number of guanidine groups is 1. The topological polar surface area (TPSA) is 106 Å². The quantitative estimate of drug-likeness (QED) is 0.279. The van der Waals surface area contributed by atoms with Gasteiger partial charge in [-0.2, -0.15) is 0 Å². The highest BCUT2D eigenvalue weighted by Gasteiger charge is 2.15. The Morgan fingerprint density at radius 3 is 2.67 bits per heavy atom. The Balaban J connectivity index is 0.00000385. The Hall–Kier alpha value is -2.76.